The van der Waals surface area contributed by atoms with E-state index in [2.05, 4.69) is 0 Å². The summed E-state index contributed by atoms with van der Waals surface area (Å²) in [5, 5.41) is 0. The van der Waals surface area contributed by atoms with Gasteiger partial charge in [0.1, 0.15) is 0 Å². The Hall–Kier alpha value is -2.72. The van der Waals surface area contributed by atoms with Gasteiger partial charge in [-0.05, 0) is 31.0 Å². The van der Waals surface area contributed by atoms with Gasteiger partial charge in [-0.1, -0.05) is 54.6 Å². The van der Waals surface area contributed by atoms with Gasteiger partial charge in [-0.2, -0.15) is 0 Å². The number of Topliss-reactive ketones (excluding diaryl/α,β-unsaturated/α-hetero) is 1. The van der Waals surface area contributed by atoms with Crippen molar-refractivity contribution in [3.05, 3.63) is 81.5 Å². The first-order valence-corrected chi connectivity index (χ1v) is 8.79. The number of thiophene rings is 1. The van der Waals surface area contributed by atoms with E-state index >= 15 is 0 Å². The molecule has 0 saturated carbocycles. The first-order chi connectivity index (χ1) is 12.0. The summed E-state index contributed by atoms with van der Waals surface area (Å²) in [6, 6.07) is 19.1. The van der Waals surface area contributed by atoms with Crippen molar-refractivity contribution in [3.63, 3.8) is 0 Å². The van der Waals surface area contributed by atoms with Crippen molar-refractivity contribution in [2.45, 2.75) is 13.8 Å². The average Bonchev–Trinajstić information content (AvgIpc) is 2.98. The lowest BCUT2D eigenvalue weighted by molar-refractivity contribution is 0.0474. The Labute approximate surface area is 150 Å². The van der Waals surface area contributed by atoms with Crippen LogP contribution in [0.4, 0.5) is 0 Å². The van der Waals surface area contributed by atoms with E-state index in [1.807, 2.05) is 56.3 Å². The molecule has 0 fully saturated rings. The predicted octanol–water partition coefficient (Wildman–Crippen LogP) is 5.07. The zero-order valence-corrected chi connectivity index (χ0v) is 14.9. The first kappa shape index (κ1) is 17.1. The van der Waals surface area contributed by atoms with Gasteiger partial charge in [0.25, 0.3) is 0 Å². The first-order valence-electron chi connectivity index (χ1n) is 7.97. The molecule has 0 spiro atoms. The molecule has 1 heterocycles. The van der Waals surface area contributed by atoms with E-state index in [-0.39, 0.29) is 12.4 Å². The Morgan fingerprint density at radius 1 is 0.920 bits per heavy atom. The van der Waals surface area contributed by atoms with Crippen molar-refractivity contribution < 1.29 is 14.3 Å². The molecule has 3 nitrogen and oxygen atoms in total. The molecular weight excluding hydrogens is 332 g/mol. The van der Waals surface area contributed by atoms with Crippen molar-refractivity contribution in [2.75, 3.05) is 6.61 Å². The van der Waals surface area contributed by atoms with E-state index in [1.165, 1.54) is 0 Å². The Kier molecular flexibility index (Phi) is 5.10. The number of hydrogen-bond acceptors (Lipinski definition) is 4. The zero-order valence-electron chi connectivity index (χ0n) is 14.1. The van der Waals surface area contributed by atoms with Gasteiger partial charge in [-0.25, -0.2) is 4.79 Å². The highest BCUT2D eigenvalue weighted by Gasteiger charge is 2.15. The molecule has 2 aromatic carbocycles. The summed E-state index contributed by atoms with van der Waals surface area (Å²) in [6.45, 7) is 3.56. The minimum atomic E-state index is -0.448. The van der Waals surface area contributed by atoms with E-state index in [0.29, 0.717) is 11.1 Å². The molecule has 0 N–H and O–H groups in total. The molecule has 3 rings (SSSR count). The number of carbonyl (C=O) groups is 2. The van der Waals surface area contributed by atoms with Crippen molar-refractivity contribution in [3.8, 4) is 11.1 Å². The van der Waals surface area contributed by atoms with Crippen molar-refractivity contribution in [1.82, 2.24) is 0 Å². The van der Waals surface area contributed by atoms with Gasteiger partial charge in [-0.3, -0.25) is 4.79 Å². The van der Waals surface area contributed by atoms with Crippen molar-refractivity contribution in [1.29, 1.82) is 0 Å². The maximum atomic E-state index is 12.2. The summed E-state index contributed by atoms with van der Waals surface area (Å²) < 4.78 is 5.17. The molecule has 0 saturated heterocycles. The van der Waals surface area contributed by atoms with Crippen LogP contribution in [0.2, 0.25) is 0 Å². The van der Waals surface area contributed by atoms with E-state index in [1.54, 1.807) is 29.5 Å². The maximum Gasteiger partial charge on any atom is 0.339 e. The molecule has 3 aromatic rings. The Morgan fingerprint density at radius 2 is 1.56 bits per heavy atom. The van der Waals surface area contributed by atoms with Gasteiger partial charge >= 0.3 is 5.97 Å². The summed E-state index contributed by atoms with van der Waals surface area (Å²) in [5.41, 5.74) is 3.20. The highest BCUT2D eigenvalue weighted by Crippen LogP contribution is 2.22. The third kappa shape index (κ3) is 4.03. The van der Waals surface area contributed by atoms with Gasteiger partial charge < -0.3 is 4.74 Å². The molecule has 4 heteroatoms. The number of ether oxygens (including phenoxy) is 1. The molecule has 25 heavy (non-hydrogen) atoms. The standard InChI is InChI=1S/C21H18O3S/c1-14-12-19(15(2)25-14)21(23)24-13-20(22)18-10-8-17(9-11-18)16-6-4-3-5-7-16/h3-12H,13H2,1-2H3. The molecule has 0 amide bonds. The van der Waals surface area contributed by atoms with Crippen molar-refractivity contribution in [2.24, 2.45) is 0 Å². The van der Waals surface area contributed by atoms with Crippen LogP contribution in [0.1, 0.15) is 30.5 Å². The summed E-state index contributed by atoms with van der Waals surface area (Å²) in [5.74, 6) is -0.659. The molecular formula is C21H18O3S. The minimum Gasteiger partial charge on any atom is -0.454 e. The van der Waals surface area contributed by atoms with E-state index < -0.39 is 5.97 Å². The summed E-state index contributed by atoms with van der Waals surface area (Å²) in [6.07, 6.45) is 0. The lowest BCUT2D eigenvalue weighted by Gasteiger charge is -2.06. The Balaban J connectivity index is 1.63. The third-order valence-corrected chi connectivity index (χ3v) is 4.88. The SMILES string of the molecule is Cc1cc(C(=O)OCC(=O)c2ccc(-c3ccccc3)cc2)c(C)s1. The maximum absolute atomic E-state index is 12.2. The van der Waals surface area contributed by atoms with E-state index in [4.69, 9.17) is 4.74 Å². The number of rotatable bonds is 5. The van der Waals surface area contributed by atoms with Crippen LogP contribution < -0.4 is 0 Å². The number of hydrogen-bond donors (Lipinski definition) is 0. The fourth-order valence-corrected chi connectivity index (χ4v) is 3.52. The highest BCUT2D eigenvalue weighted by molar-refractivity contribution is 7.12. The summed E-state index contributed by atoms with van der Waals surface area (Å²) in [7, 11) is 0. The molecule has 0 radical (unpaired) electrons. The number of aryl methyl sites for hydroxylation is 2. The van der Waals surface area contributed by atoms with Crippen LogP contribution in [0.3, 0.4) is 0 Å². The molecule has 0 atom stereocenters. The van der Waals surface area contributed by atoms with Gasteiger partial charge in [0.05, 0.1) is 5.56 Å². The van der Waals surface area contributed by atoms with Crippen LogP contribution in [-0.2, 0) is 4.74 Å². The second-order valence-electron chi connectivity index (χ2n) is 5.77. The molecule has 0 aliphatic carbocycles. The van der Waals surface area contributed by atoms with Gasteiger partial charge in [0.2, 0.25) is 0 Å². The fraction of sp³-hybridized carbons (Fsp3) is 0.143. The zero-order chi connectivity index (χ0) is 17.8. The predicted molar refractivity (Wildman–Crippen MR) is 100 cm³/mol. The van der Waals surface area contributed by atoms with Crippen LogP contribution in [-0.4, -0.2) is 18.4 Å². The Bertz CT molecular complexity index is 893. The average molecular weight is 350 g/mol. The molecule has 0 bridgehead atoms. The number of esters is 1. The quantitative estimate of drug-likeness (QED) is 0.476. The van der Waals surface area contributed by atoms with Crippen LogP contribution in [0.25, 0.3) is 11.1 Å². The monoisotopic (exact) mass is 350 g/mol. The van der Waals surface area contributed by atoms with Crippen molar-refractivity contribution >= 4 is 23.1 Å². The van der Waals surface area contributed by atoms with Gasteiger partial charge in [-0.15, -0.1) is 11.3 Å². The van der Waals surface area contributed by atoms with E-state index in [9.17, 15) is 9.59 Å². The van der Waals surface area contributed by atoms with E-state index in [0.717, 1.165) is 20.9 Å². The molecule has 1 aromatic heterocycles. The second kappa shape index (κ2) is 7.45. The van der Waals surface area contributed by atoms with Gasteiger partial charge in [0, 0.05) is 15.3 Å². The highest BCUT2D eigenvalue weighted by atomic mass is 32.1. The fourth-order valence-electron chi connectivity index (χ4n) is 2.60. The molecule has 0 aliphatic heterocycles. The summed E-state index contributed by atoms with van der Waals surface area (Å²) in [4.78, 5) is 26.3. The minimum absolute atomic E-state index is 0.211. The third-order valence-electron chi connectivity index (χ3n) is 3.91. The lowest BCUT2D eigenvalue weighted by Crippen LogP contribution is -2.14. The summed E-state index contributed by atoms with van der Waals surface area (Å²) >= 11 is 1.54. The Morgan fingerprint density at radius 3 is 2.16 bits per heavy atom. The van der Waals surface area contributed by atoms with Crippen LogP contribution in [0.5, 0.6) is 0 Å². The number of carbonyl (C=O) groups excluding carboxylic acids is 2. The van der Waals surface area contributed by atoms with Crippen LogP contribution >= 0.6 is 11.3 Å². The number of ketones is 1. The lowest BCUT2D eigenvalue weighted by atomic mass is 10.0. The molecule has 0 unspecified atom stereocenters. The normalized spacial score (nSPS) is 10.5. The van der Waals surface area contributed by atoms with Crippen LogP contribution in [0, 0.1) is 13.8 Å². The molecule has 126 valence electrons. The molecule has 0 aliphatic rings. The largest absolute Gasteiger partial charge is 0.454 e. The van der Waals surface area contributed by atoms with Crippen LogP contribution in [0.15, 0.2) is 60.7 Å². The van der Waals surface area contributed by atoms with Gasteiger partial charge in [0.15, 0.2) is 12.4 Å². The number of benzene rings is 2. The topological polar surface area (TPSA) is 43.4 Å². The second-order valence-corrected chi connectivity index (χ2v) is 7.23. The smallest absolute Gasteiger partial charge is 0.339 e.